The predicted molar refractivity (Wildman–Crippen MR) is 142 cm³/mol. The van der Waals surface area contributed by atoms with Crippen LogP contribution in [-0.2, 0) is 14.3 Å². The molecule has 1 atom stereocenters. The van der Waals surface area contributed by atoms with Gasteiger partial charge >= 0.3 is 11.9 Å². The number of hydrogen-bond acceptors (Lipinski definition) is 8. The number of aliphatic hydroxyl groups is 1. The fourth-order valence-corrected chi connectivity index (χ4v) is 5.36. The van der Waals surface area contributed by atoms with Gasteiger partial charge in [-0.25, -0.2) is 9.78 Å². The van der Waals surface area contributed by atoms with E-state index in [1.165, 1.54) is 13.2 Å². The molecule has 1 fully saturated rings. The number of thiazole rings is 1. The zero-order valence-electron chi connectivity index (χ0n) is 19.7. The number of ketones is 1. The number of nitrogens with zero attached hydrogens (tertiary/aromatic N) is 2. The Morgan fingerprint density at radius 3 is 2.54 bits per heavy atom. The van der Waals surface area contributed by atoms with Crippen molar-refractivity contribution in [3.8, 4) is 5.75 Å². The smallest absolute Gasteiger partial charge is 0.350 e. The lowest BCUT2D eigenvalue weighted by Gasteiger charge is -2.24. The molecule has 1 amide bonds. The number of benzene rings is 2. The SMILES string of the molecule is C=CCOc1ccc(/C(O)=C2\C(=O)C(=O)N(c3nc(C)c(C(=O)OC)s3)C2c2ccc(Cl)cc2Cl)cc1. The number of amides is 1. The van der Waals surface area contributed by atoms with Gasteiger partial charge in [-0.05, 0) is 48.9 Å². The number of aliphatic hydroxyl groups excluding tert-OH is 1. The monoisotopic (exact) mass is 558 g/mol. The molecule has 1 unspecified atom stereocenters. The molecular weight excluding hydrogens is 539 g/mol. The van der Waals surface area contributed by atoms with Crippen LogP contribution in [-0.4, -0.2) is 41.5 Å². The highest BCUT2D eigenvalue weighted by Gasteiger charge is 2.49. The molecule has 1 aromatic heterocycles. The minimum Gasteiger partial charge on any atom is -0.507 e. The Bertz CT molecular complexity index is 1450. The second-order valence-corrected chi connectivity index (χ2v) is 9.68. The van der Waals surface area contributed by atoms with Gasteiger partial charge in [0, 0.05) is 15.6 Å². The first-order valence-electron chi connectivity index (χ1n) is 10.8. The van der Waals surface area contributed by atoms with E-state index in [0.717, 1.165) is 16.2 Å². The quantitative estimate of drug-likeness (QED) is 0.129. The molecule has 37 heavy (non-hydrogen) atoms. The van der Waals surface area contributed by atoms with Crippen LogP contribution in [0, 0.1) is 6.92 Å². The van der Waals surface area contributed by atoms with Crippen molar-refractivity contribution >= 4 is 63.1 Å². The summed E-state index contributed by atoms with van der Waals surface area (Å²) in [5.41, 5.74) is 0.751. The average Bonchev–Trinajstić information content (AvgIpc) is 3.38. The minimum atomic E-state index is -1.14. The summed E-state index contributed by atoms with van der Waals surface area (Å²) < 4.78 is 10.3. The van der Waals surface area contributed by atoms with Crippen molar-refractivity contribution in [2.75, 3.05) is 18.6 Å². The number of halogens is 2. The first-order valence-corrected chi connectivity index (χ1v) is 12.4. The number of esters is 1. The zero-order chi connectivity index (χ0) is 26.9. The largest absolute Gasteiger partial charge is 0.507 e. The Balaban J connectivity index is 1.90. The summed E-state index contributed by atoms with van der Waals surface area (Å²) in [4.78, 5) is 44.5. The second-order valence-electron chi connectivity index (χ2n) is 7.86. The summed E-state index contributed by atoms with van der Waals surface area (Å²) in [5, 5.41) is 11.9. The molecule has 190 valence electrons. The van der Waals surface area contributed by atoms with Crippen LogP contribution in [0.2, 0.25) is 10.0 Å². The van der Waals surface area contributed by atoms with E-state index in [4.69, 9.17) is 32.7 Å². The number of carbonyl (C=O) groups is 3. The molecule has 0 aliphatic carbocycles. The molecule has 8 nitrogen and oxygen atoms in total. The number of Topliss-reactive ketones (excluding diaryl/α,β-unsaturated/α-hetero) is 1. The van der Waals surface area contributed by atoms with Gasteiger partial charge in [-0.2, -0.15) is 0 Å². The number of carbonyl (C=O) groups excluding carboxylic acids is 3. The highest BCUT2D eigenvalue weighted by molar-refractivity contribution is 7.17. The highest BCUT2D eigenvalue weighted by Crippen LogP contribution is 2.46. The molecule has 1 N–H and O–H groups in total. The third-order valence-corrected chi connectivity index (χ3v) is 7.26. The van der Waals surface area contributed by atoms with Crippen molar-refractivity contribution in [2.45, 2.75) is 13.0 Å². The fourth-order valence-electron chi connectivity index (χ4n) is 3.83. The summed E-state index contributed by atoms with van der Waals surface area (Å²) in [7, 11) is 1.23. The third-order valence-electron chi connectivity index (χ3n) is 5.56. The van der Waals surface area contributed by atoms with Crippen molar-refractivity contribution in [2.24, 2.45) is 0 Å². The molecular formula is C26H20Cl2N2O6S. The maximum absolute atomic E-state index is 13.3. The van der Waals surface area contributed by atoms with Crippen LogP contribution in [0.3, 0.4) is 0 Å². The lowest BCUT2D eigenvalue weighted by Crippen LogP contribution is -2.29. The average molecular weight is 559 g/mol. The molecule has 4 rings (SSSR count). The van der Waals surface area contributed by atoms with Crippen LogP contribution >= 0.6 is 34.5 Å². The van der Waals surface area contributed by atoms with E-state index in [2.05, 4.69) is 11.6 Å². The van der Waals surface area contributed by atoms with Crippen molar-refractivity contribution in [1.29, 1.82) is 0 Å². The van der Waals surface area contributed by atoms with E-state index >= 15 is 0 Å². The third kappa shape index (κ3) is 4.98. The fraction of sp³-hybridized carbons (Fsp3) is 0.154. The molecule has 0 bridgehead atoms. The van der Waals surface area contributed by atoms with Gasteiger partial charge < -0.3 is 14.6 Å². The van der Waals surface area contributed by atoms with Gasteiger partial charge in [-0.15, -0.1) is 0 Å². The molecule has 3 aromatic rings. The number of aromatic nitrogens is 1. The van der Waals surface area contributed by atoms with Gasteiger partial charge in [0.05, 0.1) is 24.4 Å². The Morgan fingerprint density at radius 1 is 1.22 bits per heavy atom. The molecule has 1 aliphatic rings. The van der Waals surface area contributed by atoms with Gasteiger partial charge in [-0.3, -0.25) is 14.5 Å². The Hall–Kier alpha value is -3.66. The maximum atomic E-state index is 13.3. The van der Waals surface area contributed by atoms with Crippen LogP contribution in [0.25, 0.3) is 5.76 Å². The second kappa shape index (κ2) is 10.8. The van der Waals surface area contributed by atoms with Gasteiger partial charge in [0.15, 0.2) is 5.13 Å². The number of aryl methyl sites for hydroxylation is 1. The summed E-state index contributed by atoms with van der Waals surface area (Å²) in [6, 6.07) is 9.80. The standard InChI is InChI=1S/C26H20Cl2N2O6S/c1-4-11-36-16-8-5-14(6-9-16)21(31)19-20(17-10-7-15(27)12-18(17)28)30(24(33)22(19)32)26-29-13(2)23(37-26)25(34)35-3/h4-10,12,20,31H,1,11H2,2-3H3/b21-19+. The molecule has 11 heteroatoms. The van der Waals surface area contributed by atoms with E-state index < -0.39 is 29.5 Å². The maximum Gasteiger partial charge on any atom is 0.350 e. The van der Waals surface area contributed by atoms with Gasteiger partial charge in [-0.1, -0.05) is 53.3 Å². The summed E-state index contributed by atoms with van der Waals surface area (Å²) in [6.45, 7) is 5.48. The van der Waals surface area contributed by atoms with Crippen molar-refractivity contribution in [1.82, 2.24) is 4.98 Å². The normalized spacial score (nSPS) is 16.6. The number of anilines is 1. The van der Waals surface area contributed by atoms with Crippen molar-refractivity contribution in [3.05, 3.63) is 92.4 Å². The van der Waals surface area contributed by atoms with Gasteiger partial charge in [0.2, 0.25) is 0 Å². The lowest BCUT2D eigenvalue weighted by atomic mass is 9.95. The molecule has 0 saturated carbocycles. The first kappa shape index (κ1) is 26.4. The van der Waals surface area contributed by atoms with Crippen LogP contribution < -0.4 is 9.64 Å². The Labute approximate surface area is 226 Å². The molecule has 1 saturated heterocycles. The Morgan fingerprint density at radius 2 is 1.92 bits per heavy atom. The number of hydrogen-bond donors (Lipinski definition) is 1. The molecule has 0 radical (unpaired) electrons. The number of methoxy groups -OCH3 is 1. The number of rotatable bonds is 7. The van der Waals surface area contributed by atoms with E-state index in [9.17, 15) is 19.5 Å². The molecule has 1 aliphatic heterocycles. The summed E-state index contributed by atoms with van der Waals surface area (Å²) in [6.07, 6.45) is 1.59. The van der Waals surface area contributed by atoms with Crippen LogP contribution in [0.15, 0.2) is 60.7 Å². The zero-order valence-corrected chi connectivity index (χ0v) is 22.0. The molecule has 2 heterocycles. The topological polar surface area (TPSA) is 106 Å². The van der Waals surface area contributed by atoms with Gasteiger partial charge in [0.25, 0.3) is 5.78 Å². The number of ether oxygens (including phenoxy) is 2. The van der Waals surface area contributed by atoms with Crippen molar-refractivity contribution in [3.63, 3.8) is 0 Å². The van der Waals surface area contributed by atoms with E-state index in [1.807, 2.05) is 0 Å². The summed E-state index contributed by atoms with van der Waals surface area (Å²) >= 11 is 13.5. The van der Waals surface area contributed by atoms with Crippen molar-refractivity contribution < 1.29 is 29.0 Å². The molecule has 0 spiro atoms. The van der Waals surface area contributed by atoms with E-state index in [1.54, 1.807) is 49.4 Å². The molecule has 2 aromatic carbocycles. The van der Waals surface area contributed by atoms with Crippen LogP contribution in [0.5, 0.6) is 5.75 Å². The first-order chi connectivity index (χ1) is 17.7. The van der Waals surface area contributed by atoms with Crippen LogP contribution in [0.4, 0.5) is 5.13 Å². The summed E-state index contributed by atoms with van der Waals surface area (Å²) in [5.74, 6) is -2.38. The highest BCUT2D eigenvalue weighted by atomic mass is 35.5. The predicted octanol–water partition coefficient (Wildman–Crippen LogP) is 5.74. The van der Waals surface area contributed by atoms with E-state index in [-0.39, 0.29) is 26.2 Å². The Kier molecular flexibility index (Phi) is 7.68. The minimum absolute atomic E-state index is 0.0724. The van der Waals surface area contributed by atoms with E-state index in [0.29, 0.717) is 28.6 Å². The van der Waals surface area contributed by atoms with Gasteiger partial charge in [0.1, 0.15) is 23.0 Å². The lowest BCUT2D eigenvalue weighted by molar-refractivity contribution is -0.132. The van der Waals surface area contributed by atoms with Crippen LogP contribution in [0.1, 0.15) is 32.5 Å².